The number of nitriles is 1. The molecule has 0 bridgehead atoms. The molecule has 0 radical (unpaired) electrons. The van der Waals surface area contributed by atoms with E-state index in [-0.39, 0.29) is 17.6 Å². The Labute approximate surface area is 176 Å². The van der Waals surface area contributed by atoms with Crippen LogP contribution in [0, 0.1) is 11.3 Å². The molecule has 3 aromatic carbocycles. The Hall–Kier alpha value is -3.43. The molecule has 1 aliphatic heterocycles. The Morgan fingerprint density at radius 2 is 1.79 bits per heavy atom. The van der Waals surface area contributed by atoms with Crippen molar-refractivity contribution in [1.82, 2.24) is 0 Å². The molecule has 29 heavy (non-hydrogen) atoms. The zero-order valence-electron chi connectivity index (χ0n) is 15.3. The number of phenols is 1. The Morgan fingerprint density at radius 3 is 2.48 bits per heavy atom. The van der Waals surface area contributed by atoms with Gasteiger partial charge in [0.15, 0.2) is 0 Å². The van der Waals surface area contributed by atoms with Gasteiger partial charge in [0.1, 0.15) is 35.5 Å². The van der Waals surface area contributed by atoms with Crippen LogP contribution < -0.4 is 15.2 Å². The van der Waals surface area contributed by atoms with Crippen molar-refractivity contribution in [1.29, 1.82) is 5.26 Å². The van der Waals surface area contributed by atoms with Crippen LogP contribution in [0.3, 0.4) is 0 Å². The van der Waals surface area contributed by atoms with Gasteiger partial charge in [0.25, 0.3) is 0 Å². The zero-order chi connectivity index (χ0) is 20.4. The summed E-state index contributed by atoms with van der Waals surface area (Å²) in [7, 11) is 0. The number of allylic oxidation sites excluding steroid dienone is 1. The molecule has 0 saturated heterocycles. The number of nitrogens with zero attached hydrogens (tertiary/aromatic N) is 1. The highest BCUT2D eigenvalue weighted by Crippen LogP contribution is 2.43. The largest absolute Gasteiger partial charge is 0.508 e. The molecule has 5 nitrogen and oxygen atoms in total. The maximum Gasteiger partial charge on any atom is 0.205 e. The topological polar surface area (TPSA) is 88.5 Å². The summed E-state index contributed by atoms with van der Waals surface area (Å²) in [6.45, 7) is 0.461. The number of aromatic hydroxyl groups is 1. The minimum absolute atomic E-state index is 0.0474. The minimum Gasteiger partial charge on any atom is -0.508 e. The number of fused-ring (bicyclic) bond motifs is 1. The average Bonchev–Trinajstić information content (AvgIpc) is 2.72. The Bertz CT molecular complexity index is 1120. The number of halogens is 1. The van der Waals surface area contributed by atoms with E-state index in [4.69, 9.17) is 15.2 Å². The summed E-state index contributed by atoms with van der Waals surface area (Å²) >= 11 is 3.42. The van der Waals surface area contributed by atoms with Crippen molar-refractivity contribution >= 4 is 15.9 Å². The lowest BCUT2D eigenvalue weighted by molar-refractivity contribution is 0.306. The molecule has 1 atom stereocenters. The van der Waals surface area contributed by atoms with Gasteiger partial charge in [-0.05, 0) is 41.5 Å². The van der Waals surface area contributed by atoms with Gasteiger partial charge in [0, 0.05) is 16.1 Å². The predicted molar refractivity (Wildman–Crippen MR) is 112 cm³/mol. The van der Waals surface area contributed by atoms with Crippen LogP contribution in [0.25, 0.3) is 0 Å². The van der Waals surface area contributed by atoms with Crippen LogP contribution >= 0.6 is 15.9 Å². The van der Waals surface area contributed by atoms with E-state index < -0.39 is 0 Å². The maximum atomic E-state index is 9.74. The molecule has 0 aliphatic carbocycles. The fourth-order valence-corrected chi connectivity index (χ4v) is 3.56. The van der Waals surface area contributed by atoms with Gasteiger partial charge < -0.3 is 20.3 Å². The first-order chi connectivity index (χ1) is 14.0. The molecule has 0 spiro atoms. The van der Waals surface area contributed by atoms with Gasteiger partial charge in [-0.3, -0.25) is 0 Å². The standard InChI is InChI=1S/C23H17BrN2O3/c24-16-5-1-14(2-6-16)13-28-18-8-3-15(4-9-18)22-19-10-7-17(27)11-21(19)29-23(26)20(22)12-25/h1-11,22,27H,13,26H2. The molecule has 6 heteroatoms. The number of rotatable bonds is 4. The monoisotopic (exact) mass is 448 g/mol. The molecule has 1 heterocycles. The first-order valence-corrected chi connectivity index (χ1v) is 9.72. The molecule has 3 N–H and O–H groups in total. The van der Waals surface area contributed by atoms with E-state index in [0.29, 0.717) is 17.9 Å². The molecule has 0 saturated carbocycles. The molecular formula is C23H17BrN2O3. The summed E-state index contributed by atoms with van der Waals surface area (Å²) in [4.78, 5) is 0. The van der Waals surface area contributed by atoms with Gasteiger partial charge in [-0.1, -0.05) is 46.3 Å². The number of nitrogens with two attached hydrogens (primary N) is 1. The van der Waals surface area contributed by atoms with Crippen molar-refractivity contribution < 1.29 is 14.6 Å². The lowest BCUT2D eigenvalue weighted by Gasteiger charge is -2.26. The van der Waals surface area contributed by atoms with E-state index in [2.05, 4.69) is 22.0 Å². The fraction of sp³-hybridized carbons (Fsp3) is 0.0870. The van der Waals surface area contributed by atoms with Gasteiger partial charge in [0.05, 0.1) is 5.92 Å². The SMILES string of the molecule is N#CC1=C(N)Oc2cc(O)ccc2C1c1ccc(OCc2ccc(Br)cc2)cc1. The van der Waals surface area contributed by atoms with Crippen molar-refractivity contribution in [2.24, 2.45) is 5.73 Å². The first kappa shape index (κ1) is 18.9. The second kappa shape index (κ2) is 7.90. The lowest BCUT2D eigenvalue weighted by atomic mass is 9.83. The highest BCUT2D eigenvalue weighted by Gasteiger charge is 2.30. The van der Waals surface area contributed by atoms with Crippen LogP contribution in [-0.4, -0.2) is 5.11 Å². The van der Waals surface area contributed by atoms with Crippen molar-refractivity contribution in [2.75, 3.05) is 0 Å². The number of phenolic OH excluding ortho intramolecular Hbond substituents is 1. The second-order valence-corrected chi connectivity index (χ2v) is 7.55. The summed E-state index contributed by atoms with van der Waals surface area (Å²) < 4.78 is 12.4. The molecule has 0 fully saturated rings. The number of ether oxygens (including phenoxy) is 2. The predicted octanol–water partition coefficient (Wildman–Crippen LogP) is 4.95. The maximum absolute atomic E-state index is 9.74. The third kappa shape index (κ3) is 3.91. The van der Waals surface area contributed by atoms with Gasteiger partial charge in [-0.15, -0.1) is 0 Å². The highest BCUT2D eigenvalue weighted by atomic mass is 79.9. The van der Waals surface area contributed by atoms with Crippen molar-refractivity contribution in [2.45, 2.75) is 12.5 Å². The molecule has 4 rings (SSSR count). The van der Waals surface area contributed by atoms with Crippen LogP contribution in [-0.2, 0) is 6.61 Å². The third-order valence-corrected chi connectivity index (χ3v) is 5.26. The molecule has 0 aromatic heterocycles. The van der Waals surface area contributed by atoms with Crippen LogP contribution in [0.1, 0.15) is 22.6 Å². The Kier molecular flexibility index (Phi) is 5.15. The molecule has 0 amide bonds. The fourth-order valence-electron chi connectivity index (χ4n) is 3.29. The molecule has 3 aromatic rings. The summed E-state index contributed by atoms with van der Waals surface area (Å²) in [6.07, 6.45) is 0. The number of benzene rings is 3. The van der Waals surface area contributed by atoms with E-state index >= 15 is 0 Å². The molecule has 1 unspecified atom stereocenters. The Morgan fingerprint density at radius 1 is 1.07 bits per heavy atom. The molecular weight excluding hydrogens is 432 g/mol. The average molecular weight is 449 g/mol. The van der Waals surface area contributed by atoms with Crippen molar-refractivity contribution in [3.8, 4) is 23.3 Å². The van der Waals surface area contributed by atoms with Crippen LogP contribution in [0.15, 0.2) is 82.7 Å². The van der Waals surface area contributed by atoms with Crippen LogP contribution in [0.2, 0.25) is 0 Å². The zero-order valence-corrected chi connectivity index (χ0v) is 16.9. The summed E-state index contributed by atoms with van der Waals surface area (Å²) in [6, 6.07) is 22.5. The first-order valence-electron chi connectivity index (χ1n) is 8.93. The van der Waals surface area contributed by atoms with Gasteiger partial charge in [-0.2, -0.15) is 5.26 Å². The van der Waals surface area contributed by atoms with E-state index in [1.165, 1.54) is 6.07 Å². The van der Waals surface area contributed by atoms with E-state index in [9.17, 15) is 10.4 Å². The normalized spacial score (nSPS) is 15.2. The number of hydrogen-bond acceptors (Lipinski definition) is 5. The van der Waals surface area contributed by atoms with Gasteiger partial charge >= 0.3 is 0 Å². The quantitative estimate of drug-likeness (QED) is 0.589. The smallest absolute Gasteiger partial charge is 0.205 e. The Balaban J connectivity index is 1.59. The van der Waals surface area contributed by atoms with Crippen LogP contribution in [0.4, 0.5) is 0 Å². The summed E-state index contributed by atoms with van der Waals surface area (Å²) in [5, 5.41) is 19.4. The molecule has 1 aliphatic rings. The summed E-state index contributed by atoms with van der Waals surface area (Å²) in [5.41, 5.74) is 9.03. The lowest BCUT2D eigenvalue weighted by Crippen LogP contribution is -2.20. The summed E-state index contributed by atoms with van der Waals surface area (Å²) in [5.74, 6) is 0.926. The van der Waals surface area contributed by atoms with E-state index in [1.54, 1.807) is 12.1 Å². The number of hydrogen-bond donors (Lipinski definition) is 2. The van der Waals surface area contributed by atoms with Crippen LogP contribution in [0.5, 0.6) is 17.2 Å². The van der Waals surface area contributed by atoms with E-state index in [0.717, 1.165) is 26.9 Å². The third-order valence-electron chi connectivity index (χ3n) is 4.73. The second-order valence-electron chi connectivity index (χ2n) is 6.63. The van der Waals surface area contributed by atoms with Crippen molar-refractivity contribution in [3.63, 3.8) is 0 Å². The highest BCUT2D eigenvalue weighted by molar-refractivity contribution is 9.10. The minimum atomic E-state index is -0.370. The van der Waals surface area contributed by atoms with Gasteiger partial charge in [0.2, 0.25) is 5.88 Å². The van der Waals surface area contributed by atoms with Gasteiger partial charge in [-0.25, -0.2) is 0 Å². The van der Waals surface area contributed by atoms with E-state index in [1.807, 2.05) is 48.5 Å². The van der Waals surface area contributed by atoms with Crippen molar-refractivity contribution in [3.05, 3.63) is 99.3 Å². The molecule has 144 valence electrons.